The fraction of sp³-hybridized carbons (Fsp3) is 0.278. The van der Waals surface area contributed by atoms with Crippen LogP contribution in [-0.4, -0.2) is 28.0 Å². The lowest BCUT2D eigenvalue weighted by Crippen LogP contribution is -2.24. The Morgan fingerprint density at radius 2 is 1.92 bits per heavy atom. The second-order valence-electron chi connectivity index (χ2n) is 5.82. The molecule has 1 heterocycles. The largest absolute Gasteiger partial charge is 0.493 e. The molecule has 1 aliphatic heterocycles. The van der Waals surface area contributed by atoms with Crippen molar-refractivity contribution in [1.29, 1.82) is 0 Å². The van der Waals surface area contributed by atoms with Crippen molar-refractivity contribution < 1.29 is 17.9 Å². The van der Waals surface area contributed by atoms with E-state index in [-0.39, 0.29) is 17.3 Å². The van der Waals surface area contributed by atoms with Crippen LogP contribution >= 0.6 is 0 Å². The van der Waals surface area contributed by atoms with Crippen LogP contribution in [0.25, 0.3) is 0 Å². The molecular weight excluding hydrogens is 340 g/mol. The topological polar surface area (TPSA) is 84.5 Å². The van der Waals surface area contributed by atoms with Crippen LogP contribution in [0.3, 0.4) is 0 Å². The summed E-state index contributed by atoms with van der Waals surface area (Å²) in [6.07, 6.45) is 1.91. The average molecular weight is 360 g/mol. The molecule has 6 nitrogen and oxygen atoms in total. The van der Waals surface area contributed by atoms with Crippen LogP contribution in [0.1, 0.15) is 27.9 Å². The number of hydrogen-bond acceptors (Lipinski definition) is 4. The SMILES string of the molecule is CNC(=O)c1ccc(S(=O)(=O)NCc2ccc3c(c2)CCCO3)cc1. The van der Waals surface area contributed by atoms with Crippen molar-refractivity contribution in [3.8, 4) is 5.75 Å². The number of carbonyl (C=O) groups excluding carboxylic acids is 1. The van der Waals surface area contributed by atoms with Crippen molar-refractivity contribution in [3.63, 3.8) is 0 Å². The van der Waals surface area contributed by atoms with Crippen LogP contribution in [0.15, 0.2) is 47.4 Å². The molecule has 0 radical (unpaired) electrons. The molecule has 0 fully saturated rings. The lowest BCUT2D eigenvalue weighted by atomic mass is 10.0. The van der Waals surface area contributed by atoms with Crippen molar-refractivity contribution in [2.75, 3.05) is 13.7 Å². The van der Waals surface area contributed by atoms with E-state index in [1.165, 1.54) is 31.3 Å². The predicted molar refractivity (Wildman–Crippen MR) is 94.1 cm³/mol. The van der Waals surface area contributed by atoms with Gasteiger partial charge in [0.25, 0.3) is 5.91 Å². The van der Waals surface area contributed by atoms with Crippen molar-refractivity contribution in [1.82, 2.24) is 10.0 Å². The molecule has 0 spiro atoms. The van der Waals surface area contributed by atoms with E-state index in [9.17, 15) is 13.2 Å². The number of aryl methyl sites for hydroxylation is 1. The van der Waals surface area contributed by atoms with E-state index in [1.54, 1.807) is 0 Å². The first-order valence-electron chi connectivity index (χ1n) is 8.06. The van der Waals surface area contributed by atoms with Gasteiger partial charge in [0.1, 0.15) is 5.75 Å². The quantitative estimate of drug-likeness (QED) is 0.852. The van der Waals surface area contributed by atoms with Gasteiger partial charge in [-0.2, -0.15) is 0 Å². The number of rotatable bonds is 5. The van der Waals surface area contributed by atoms with Crippen molar-refractivity contribution in [3.05, 3.63) is 59.2 Å². The van der Waals surface area contributed by atoms with E-state index in [4.69, 9.17) is 4.74 Å². The zero-order chi connectivity index (χ0) is 17.9. The third-order valence-electron chi connectivity index (χ3n) is 4.09. The van der Waals surface area contributed by atoms with E-state index in [0.29, 0.717) is 5.56 Å². The van der Waals surface area contributed by atoms with Gasteiger partial charge < -0.3 is 10.1 Å². The van der Waals surface area contributed by atoms with Crippen LogP contribution < -0.4 is 14.8 Å². The van der Waals surface area contributed by atoms with E-state index in [2.05, 4.69) is 10.0 Å². The Morgan fingerprint density at radius 3 is 2.64 bits per heavy atom. The van der Waals surface area contributed by atoms with Crippen LogP contribution in [0, 0.1) is 0 Å². The zero-order valence-electron chi connectivity index (χ0n) is 13.9. The number of ether oxygens (including phenoxy) is 1. The second-order valence-corrected chi connectivity index (χ2v) is 7.59. The molecule has 7 heteroatoms. The maximum atomic E-state index is 12.4. The van der Waals surface area contributed by atoms with Gasteiger partial charge in [0, 0.05) is 19.2 Å². The first-order chi connectivity index (χ1) is 12.0. The molecule has 1 amide bonds. The molecule has 0 bridgehead atoms. The summed E-state index contributed by atoms with van der Waals surface area (Å²) in [5.41, 5.74) is 2.41. The monoisotopic (exact) mass is 360 g/mol. The van der Waals surface area contributed by atoms with Crippen LogP contribution in [-0.2, 0) is 23.0 Å². The highest BCUT2D eigenvalue weighted by molar-refractivity contribution is 7.89. The van der Waals surface area contributed by atoms with E-state index < -0.39 is 10.0 Å². The smallest absolute Gasteiger partial charge is 0.251 e. The van der Waals surface area contributed by atoms with Crippen molar-refractivity contribution >= 4 is 15.9 Å². The zero-order valence-corrected chi connectivity index (χ0v) is 14.7. The van der Waals surface area contributed by atoms with Gasteiger partial charge >= 0.3 is 0 Å². The first-order valence-corrected chi connectivity index (χ1v) is 9.54. The highest BCUT2D eigenvalue weighted by atomic mass is 32.2. The van der Waals surface area contributed by atoms with Crippen LogP contribution in [0.5, 0.6) is 5.75 Å². The predicted octanol–water partition coefficient (Wildman–Crippen LogP) is 1.85. The fourth-order valence-corrected chi connectivity index (χ4v) is 3.73. The Morgan fingerprint density at radius 1 is 1.16 bits per heavy atom. The van der Waals surface area contributed by atoms with Gasteiger partial charge in [-0.05, 0) is 54.3 Å². The molecule has 2 aromatic carbocycles. The Balaban J connectivity index is 1.70. The maximum Gasteiger partial charge on any atom is 0.251 e. The van der Waals surface area contributed by atoms with E-state index in [1.807, 2.05) is 18.2 Å². The summed E-state index contributed by atoms with van der Waals surface area (Å²) >= 11 is 0. The summed E-state index contributed by atoms with van der Waals surface area (Å²) in [7, 11) is -2.12. The molecule has 132 valence electrons. The molecule has 0 atom stereocenters. The molecule has 0 aliphatic carbocycles. The number of nitrogens with one attached hydrogen (secondary N) is 2. The Labute approximate surface area is 147 Å². The van der Waals surface area contributed by atoms with Crippen LogP contribution in [0.2, 0.25) is 0 Å². The van der Waals surface area contributed by atoms with Crippen LogP contribution in [0.4, 0.5) is 0 Å². The van der Waals surface area contributed by atoms with Gasteiger partial charge in [0.15, 0.2) is 0 Å². The lowest BCUT2D eigenvalue weighted by molar-refractivity contribution is 0.0963. The average Bonchev–Trinajstić information content (AvgIpc) is 2.65. The lowest BCUT2D eigenvalue weighted by Gasteiger charge is -2.18. The highest BCUT2D eigenvalue weighted by Gasteiger charge is 2.16. The molecule has 0 unspecified atom stereocenters. The minimum absolute atomic E-state index is 0.126. The molecule has 0 saturated carbocycles. The summed E-state index contributed by atoms with van der Waals surface area (Å²) in [6.45, 7) is 0.928. The molecule has 0 aromatic heterocycles. The molecule has 25 heavy (non-hydrogen) atoms. The second kappa shape index (κ2) is 7.25. The molecular formula is C18H20N2O4S. The molecule has 2 N–H and O–H groups in total. The van der Waals surface area contributed by atoms with Gasteiger partial charge in [-0.1, -0.05) is 12.1 Å². The van der Waals surface area contributed by atoms with Gasteiger partial charge in [-0.15, -0.1) is 0 Å². The Hall–Kier alpha value is -2.38. The normalized spacial score (nSPS) is 13.6. The molecule has 3 rings (SSSR count). The highest BCUT2D eigenvalue weighted by Crippen LogP contribution is 2.25. The van der Waals surface area contributed by atoms with E-state index >= 15 is 0 Å². The summed E-state index contributed by atoms with van der Waals surface area (Å²) in [5.74, 6) is 0.621. The van der Waals surface area contributed by atoms with Gasteiger partial charge in [-0.25, -0.2) is 13.1 Å². The maximum absolute atomic E-state index is 12.4. The summed E-state index contributed by atoms with van der Waals surface area (Å²) < 4.78 is 33.0. The summed E-state index contributed by atoms with van der Waals surface area (Å²) in [4.78, 5) is 11.6. The number of amides is 1. The first kappa shape index (κ1) is 17.4. The van der Waals surface area contributed by atoms with Crippen molar-refractivity contribution in [2.45, 2.75) is 24.3 Å². The third-order valence-corrected chi connectivity index (χ3v) is 5.51. The van der Waals surface area contributed by atoms with Gasteiger partial charge in [0.05, 0.1) is 11.5 Å². The van der Waals surface area contributed by atoms with Gasteiger partial charge in [0.2, 0.25) is 10.0 Å². The standard InChI is InChI=1S/C18H20N2O4S/c1-19-18(21)14-5-7-16(8-6-14)25(22,23)20-12-13-4-9-17-15(11-13)3-2-10-24-17/h4-9,11,20H,2-3,10,12H2,1H3,(H,19,21). The molecule has 1 aliphatic rings. The number of sulfonamides is 1. The number of carbonyl (C=O) groups is 1. The van der Waals surface area contributed by atoms with Crippen molar-refractivity contribution in [2.24, 2.45) is 0 Å². The van der Waals surface area contributed by atoms with E-state index in [0.717, 1.165) is 36.3 Å². The fourth-order valence-electron chi connectivity index (χ4n) is 2.72. The minimum atomic E-state index is -3.64. The Bertz CT molecular complexity index is 876. The summed E-state index contributed by atoms with van der Waals surface area (Å²) in [6, 6.07) is 11.6. The number of benzene rings is 2. The number of hydrogen-bond donors (Lipinski definition) is 2. The molecule has 2 aromatic rings. The van der Waals surface area contributed by atoms with Gasteiger partial charge in [-0.3, -0.25) is 4.79 Å². The summed E-state index contributed by atoms with van der Waals surface area (Å²) in [5, 5.41) is 2.50. The molecule has 0 saturated heterocycles. The number of fused-ring (bicyclic) bond motifs is 1. The third kappa shape index (κ3) is 4.00. The minimum Gasteiger partial charge on any atom is -0.493 e. The Kier molecular flexibility index (Phi) is 5.06.